The predicted molar refractivity (Wildman–Crippen MR) is 153 cm³/mol. The third-order valence-electron chi connectivity index (χ3n) is 6.00. The van der Waals surface area contributed by atoms with Crippen LogP contribution in [0.5, 0.6) is 0 Å². The number of likely N-dealkylation sites (N-methyl/N-ethyl adjacent to an activating group) is 2. The molecule has 8 heteroatoms. The lowest BCUT2D eigenvalue weighted by molar-refractivity contribution is -0.115. The highest BCUT2D eigenvalue weighted by Gasteiger charge is 2.21. The predicted octanol–water partition coefficient (Wildman–Crippen LogP) is 6.10. The Bertz CT molecular complexity index is 1350. The van der Waals surface area contributed by atoms with Crippen molar-refractivity contribution < 1.29 is 4.79 Å². The van der Waals surface area contributed by atoms with Crippen LogP contribution in [0.3, 0.4) is 0 Å². The summed E-state index contributed by atoms with van der Waals surface area (Å²) in [7, 11) is 6.26. The fraction of sp³-hybridized carbons (Fsp3) is 0.286. The SMILES string of the molecule is Cc1ccc(NC(=O)C(C)Sc2nc3ccccc3n2-c2ccc(N(C)CCN(C)C)cc2)c(Cl)c1. The molecule has 1 unspecified atom stereocenters. The number of para-hydroxylation sites is 2. The first-order valence-electron chi connectivity index (χ1n) is 11.9. The van der Waals surface area contributed by atoms with Crippen molar-refractivity contribution in [3.8, 4) is 5.69 Å². The molecule has 0 saturated heterocycles. The molecule has 1 heterocycles. The number of carbonyl (C=O) groups excluding carboxylic acids is 1. The Morgan fingerprint density at radius 3 is 2.47 bits per heavy atom. The maximum Gasteiger partial charge on any atom is 0.237 e. The first-order chi connectivity index (χ1) is 17.2. The zero-order valence-corrected chi connectivity index (χ0v) is 22.9. The molecular formula is C28H32ClN5OS. The van der Waals surface area contributed by atoms with Crippen molar-refractivity contribution in [1.29, 1.82) is 0 Å². The molecule has 188 valence electrons. The van der Waals surface area contributed by atoms with Gasteiger partial charge >= 0.3 is 0 Å². The molecule has 0 aliphatic carbocycles. The van der Waals surface area contributed by atoms with Crippen LogP contribution in [-0.2, 0) is 4.79 Å². The Morgan fingerprint density at radius 1 is 1.06 bits per heavy atom. The molecule has 1 amide bonds. The Morgan fingerprint density at radius 2 is 1.78 bits per heavy atom. The number of aromatic nitrogens is 2. The Hall–Kier alpha value is -3.00. The molecule has 4 rings (SSSR count). The lowest BCUT2D eigenvalue weighted by atomic mass is 10.2. The summed E-state index contributed by atoms with van der Waals surface area (Å²) in [5.74, 6) is -0.123. The summed E-state index contributed by atoms with van der Waals surface area (Å²) in [6.45, 7) is 5.78. The van der Waals surface area contributed by atoms with Crippen LogP contribution < -0.4 is 10.2 Å². The van der Waals surface area contributed by atoms with Crippen molar-refractivity contribution in [1.82, 2.24) is 14.5 Å². The number of amides is 1. The molecule has 1 N–H and O–H groups in total. The fourth-order valence-corrected chi connectivity index (χ4v) is 5.06. The van der Waals surface area contributed by atoms with Crippen LogP contribution in [0, 0.1) is 6.92 Å². The third-order valence-corrected chi connectivity index (χ3v) is 7.36. The topological polar surface area (TPSA) is 53.4 Å². The first kappa shape index (κ1) is 26.1. The largest absolute Gasteiger partial charge is 0.373 e. The van der Waals surface area contributed by atoms with Gasteiger partial charge in [0.1, 0.15) is 0 Å². The standard InChI is InChI=1S/C28H32ClN5OS/c1-19-10-15-24(23(29)18-19)30-27(35)20(2)36-28-31-25-8-6-7-9-26(25)34(28)22-13-11-21(12-14-22)33(5)17-16-32(3)4/h6-15,18,20H,16-17H2,1-5H3,(H,30,35). The molecule has 0 bridgehead atoms. The highest BCUT2D eigenvalue weighted by atomic mass is 35.5. The Kier molecular flexibility index (Phi) is 8.24. The van der Waals surface area contributed by atoms with E-state index in [4.69, 9.17) is 16.6 Å². The van der Waals surface area contributed by atoms with E-state index in [0.717, 1.165) is 46.2 Å². The molecule has 4 aromatic rings. The van der Waals surface area contributed by atoms with Gasteiger partial charge in [-0.25, -0.2) is 4.98 Å². The first-order valence-corrected chi connectivity index (χ1v) is 13.2. The second kappa shape index (κ2) is 11.4. The van der Waals surface area contributed by atoms with Gasteiger partial charge in [-0.15, -0.1) is 0 Å². The summed E-state index contributed by atoms with van der Waals surface area (Å²) >= 11 is 7.75. The van der Waals surface area contributed by atoms with E-state index in [1.165, 1.54) is 11.8 Å². The van der Waals surface area contributed by atoms with E-state index in [0.29, 0.717) is 10.7 Å². The van der Waals surface area contributed by atoms with Crippen molar-refractivity contribution in [3.63, 3.8) is 0 Å². The minimum Gasteiger partial charge on any atom is -0.373 e. The van der Waals surface area contributed by atoms with Crippen molar-refractivity contribution in [3.05, 3.63) is 77.3 Å². The van der Waals surface area contributed by atoms with Crippen LogP contribution >= 0.6 is 23.4 Å². The smallest absolute Gasteiger partial charge is 0.237 e. The van der Waals surface area contributed by atoms with E-state index >= 15 is 0 Å². The normalized spacial score (nSPS) is 12.2. The minimum atomic E-state index is -0.380. The fourth-order valence-electron chi connectivity index (χ4n) is 3.84. The van der Waals surface area contributed by atoms with Crippen LogP contribution in [-0.4, -0.2) is 59.8 Å². The van der Waals surface area contributed by atoms with Crippen LogP contribution in [0.1, 0.15) is 12.5 Å². The van der Waals surface area contributed by atoms with Gasteiger partial charge in [-0.1, -0.05) is 41.6 Å². The molecule has 6 nitrogen and oxygen atoms in total. The molecule has 1 aromatic heterocycles. The minimum absolute atomic E-state index is 0.123. The maximum atomic E-state index is 13.0. The summed E-state index contributed by atoms with van der Waals surface area (Å²) in [5, 5.41) is 3.87. The average Bonchev–Trinajstić information content (AvgIpc) is 3.22. The highest BCUT2D eigenvalue weighted by Crippen LogP contribution is 2.32. The van der Waals surface area contributed by atoms with E-state index in [1.807, 2.05) is 50.2 Å². The van der Waals surface area contributed by atoms with Gasteiger partial charge in [0, 0.05) is 31.5 Å². The van der Waals surface area contributed by atoms with Crippen LogP contribution in [0.2, 0.25) is 5.02 Å². The van der Waals surface area contributed by atoms with Crippen molar-refractivity contribution >= 4 is 51.7 Å². The number of benzene rings is 3. The number of halogens is 1. The molecule has 3 aromatic carbocycles. The monoisotopic (exact) mass is 521 g/mol. The van der Waals surface area contributed by atoms with Crippen molar-refractivity contribution in [2.45, 2.75) is 24.3 Å². The van der Waals surface area contributed by atoms with E-state index in [2.05, 4.69) is 71.2 Å². The van der Waals surface area contributed by atoms with Crippen LogP contribution in [0.15, 0.2) is 71.9 Å². The van der Waals surface area contributed by atoms with Gasteiger partial charge in [0.25, 0.3) is 0 Å². The number of aryl methyl sites for hydroxylation is 1. The molecule has 36 heavy (non-hydrogen) atoms. The number of anilines is 2. The molecule has 1 atom stereocenters. The van der Waals surface area contributed by atoms with Gasteiger partial charge in [-0.05, 0) is 82.0 Å². The zero-order valence-electron chi connectivity index (χ0n) is 21.3. The quantitative estimate of drug-likeness (QED) is 0.269. The number of nitrogens with one attached hydrogen (secondary N) is 1. The molecular weight excluding hydrogens is 490 g/mol. The highest BCUT2D eigenvalue weighted by molar-refractivity contribution is 8.00. The average molecular weight is 522 g/mol. The second-order valence-electron chi connectivity index (χ2n) is 9.19. The number of carbonyl (C=O) groups is 1. The maximum absolute atomic E-state index is 13.0. The Balaban J connectivity index is 1.58. The molecule has 0 radical (unpaired) electrons. The zero-order chi connectivity index (χ0) is 25.8. The van der Waals surface area contributed by atoms with Crippen LogP contribution in [0.4, 0.5) is 11.4 Å². The van der Waals surface area contributed by atoms with Gasteiger partial charge in [0.15, 0.2) is 5.16 Å². The third kappa shape index (κ3) is 6.03. The number of imidazole rings is 1. The van der Waals surface area contributed by atoms with Crippen LogP contribution in [0.25, 0.3) is 16.7 Å². The summed E-state index contributed by atoms with van der Waals surface area (Å²) < 4.78 is 2.12. The number of hydrogen-bond donors (Lipinski definition) is 1. The van der Waals surface area contributed by atoms with Gasteiger partial charge in [-0.3, -0.25) is 9.36 Å². The van der Waals surface area contributed by atoms with Gasteiger partial charge in [-0.2, -0.15) is 0 Å². The number of thioether (sulfide) groups is 1. The van der Waals surface area contributed by atoms with E-state index in [9.17, 15) is 4.79 Å². The van der Waals surface area contributed by atoms with Gasteiger partial charge in [0.2, 0.25) is 5.91 Å². The molecule has 0 aliphatic heterocycles. The van der Waals surface area contributed by atoms with Gasteiger partial charge < -0.3 is 15.1 Å². The van der Waals surface area contributed by atoms with E-state index in [-0.39, 0.29) is 11.2 Å². The number of rotatable bonds is 9. The Labute approximate surface area is 222 Å². The molecule has 0 aliphatic rings. The summed E-state index contributed by atoms with van der Waals surface area (Å²) in [4.78, 5) is 22.3. The van der Waals surface area contributed by atoms with E-state index in [1.54, 1.807) is 0 Å². The van der Waals surface area contributed by atoms with Crippen molar-refractivity contribution in [2.75, 3.05) is 44.4 Å². The summed E-state index contributed by atoms with van der Waals surface area (Å²) in [6, 6.07) is 22.1. The lowest BCUT2D eigenvalue weighted by Crippen LogP contribution is -2.28. The van der Waals surface area contributed by atoms with Gasteiger partial charge in [0.05, 0.1) is 27.0 Å². The molecule has 0 spiro atoms. The number of fused-ring (bicyclic) bond motifs is 1. The summed E-state index contributed by atoms with van der Waals surface area (Å²) in [6.07, 6.45) is 0. The molecule has 0 fully saturated rings. The number of hydrogen-bond acceptors (Lipinski definition) is 5. The second-order valence-corrected chi connectivity index (χ2v) is 10.9. The number of nitrogens with zero attached hydrogens (tertiary/aromatic N) is 4. The van der Waals surface area contributed by atoms with Crippen molar-refractivity contribution in [2.24, 2.45) is 0 Å². The summed E-state index contributed by atoms with van der Waals surface area (Å²) in [5.41, 5.74) is 5.71. The van der Waals surface area contributed by atoms with E-state index < -0.39 is 0 Å². The molecule has 0 saturated carbocycles. The lowest BCUT2D eigenvalue weighted by Gasteiger charge is -2.22.